The second kappa shape index (κ2) is 12.0. The number of benzene rings is 3. The molecule has 1 fully saturated rings. The van der Waals surface area contributed by atoms with Gasteiger partial charge in [-0.1, -0.05) is 57.2 Å². The summed E-state index contributed by atoms with van der Waals surface area (Å²) in [7, 11) is 1.95. The summed E-state index contributed by atoms with van der Waals surface area (Å²) in [6, 6.07) is 22.1. The Hall–Kier alpha value is -4.53. The van der Waals surface area contributed by atoms with Crippen molar-refractivity contribution < 1.29 is 9.53 Å². The van der Waals surface area contributed by atoms with E-state index in [4.69, 9.17) is 9.72 Å². The Morgan fingerprint density at radius 3 is 2.40 bits per heavy atom. The molecule has 2 aromatic heterocycles. The molecule has 8 heteroatoms. The summed E-state index contributed by atoms with van der Waals surface area (Å²) < 4.78 is 7.39. The Labute approximate surface area is 252 Å². The number of amides is 2. The quantitative estimate of drug-likeness (QED) is 0.227. The molecule has 0 bridgehead atoms. The molecule has 1 aliphatic heterocycles. The third-order valence-electron chi connectivity index (χ3n) is 7.84. The van der Waals surface area contributed by atoms with E-state index in [1.807, 2.05) is 66.5 Å². The fourth-order valence-corrected chi connectivity index (χ4v) is 5.45. The van der Waals surface area contributed by atoms with Crippen molar-refractivity contribution in [2.24, 2.45) is 7.05 Å². The highest BCUT2D eigenvalue weighted by atomic mass is 16.5. The number of pyridine rings is 1. The fraction of sp³-hybridized carbons (Fsp3) is 0.286. The molecule has 3 aromatic carbocycles. The van der Waals surface area contributed by atoms with Crippen molar-refractivity contribution in [1.82, 2.24) is 19.4 Å². The van der Waals surface area contributed by atoms with Crippen LogP contribution < -0.4 is 10.6 Å². The van der Waals surface area contributed by atoms with E-state index in [1.54, 1.807) is 6.33 Å². The number of imidazole rings is 1. The summed E-state index contributed by atoms with van der Waals surface area (Å²) in [6.45, 7) is 10.8. The monoisotopic (exact) mass is 574 g/mol. The van der Waals surface area contributed by atoms with Crippen LogP contribution in [0.3, 0.4) is 0 Å². The number of hydrogen-bond donors (Lipinski definition) is 2. The Bertz CT molecular complexity index is 1750. The molecule has 6 rings (SSSR count). The molecule has 5 aromatic rings. The van der Waals surface area contributed by atoms with Crippen LogP contribution in [0.2, 0.25) is 0 Å². The lowest BCUT2D eigenvalue weighted by molar-refractivity contribution is 0.0341. The molecular formula is C35H38N6O2. The van der Waals surface area contributed by atoms with Gasteiger partial charge in [-0.15, -0.1) is 0 Å². The molecule has 0 spiro atoms. The van der Waals surface area contributed by atoms with Gasteiger partial charge in [-0.25, -0.2) is 9.78 Å². The van der Waals surface area contributed by atoms with Gasteiger partial charge in [-0.05, 0) is 52.3 Å². The Morgan fingerprint density at radius 2 is 1.70 bits per heavy atom. The zero-order valence-electron chi connectivity index (χ0n) is 25.2. The van der Waals surface area contributed by atoms with E-state index in [0.717, 1.165) is 77.4 Å². The van der Waals surface area contributed by atoms with Crippen molar-refractivity contribution in [2.45, 2.75) is 32.7 Å². The van der Waals surface area contributed by atoms with Gasteiger partial charge in [0.05, 0.1) is 36.6 Å². The van der Waals surface area contributed by atoms with E-state index in [0.29, 0.717) is 5.69 Å². The van der Waals surface area contributed by atoms with Gasteiger partial charge >= 0.3 is 6.03 Å². The highest BCUT2D eigenvalue weighted by Crippen LogP contribution is 2.34. The van der Waals surface area contributed by atoms with Gasteiger partial charge in [0.15, 0.2) is 0 Å². The molecule has 3 heterocycles. The molecule has 1 aliphatic rings. The smallest absolute Gasteiger partial charge is 0.323 e. The Kier molecular flexibility index (Phi) is 7.97. The average Bonchev–Trinajstić information content (AvgIpc) is 3.44. The van der Waals surface area contributed by atoms with Crippen molar-refractivity contribution in [3.8, 4) is 22.5 Å². The number of nitrogens with one attached hydrogen (secondary N) is 2. The third kappa shape index (κ3) is 6.61. The standard InChI is InChI=1S/C35H38N6O2/c1-35(2,3)26-17-25(33-22-40(4)23-37-33)18-27(19-26)38-34(42)39-32-12-10-30(28-7-5-6-8-29(28)32)31-11-9-24(20-36-31)21-41-13-15-43-16-14-41/h5-12,17-20,22-23H,13-16,21H2,1-4H3,(H2,38,39,42). The molecule has 220 valence electrons. The van der Waals surface area contributed by atoms with Gasteiger partial charge in [0.2, 0.25) is 0 Å². The lowest BCUT2D eigenvalue weighted by Gasteiger charge is -2.26. The SMILES string of the molecule is Cn1cnc(-c2cc(NC(=O)Nc3ccc(-c4ccc(CN5CCOCC5)cn4)c4ccccc34)cc(C(C)(C)C)c2)c1. The lowest BCUT2D eigenvalue weighted by atomic mass is 9.85. The molecule has 0 radical (unpaired) electrons. The first-order valence-corrected chi connectivity index (χ1v) is 14.7. The number of ether oxygens (including phenoxy) is 1. The van der Waals surface area contributed by atoms with Crippen molar-refractivity contribution in [3.63, 3.8) is 0 Å². The first kappa shape index (κ1) is 28.6. The maximum atomic E-state index is 13.3. The van der Waals surface area contributed by atoms with E-state index >= 15 is 0 Å². The van der Waals surface area contributed by atoms with Gasteiger partial charge in [0.1, 0.15) is 0 Å². The van der Waals surface area contributed by atoms with Crippen LogP contribution in [0.5, 0.6) is 0 Å². The minimum atomic E-state index is -0.304. The van der Waals surface area contributed by atoms with Gasteiger partial charge in [-0.2, -0.15) is 0 Å². The maximum Gasteiger partial charge on any atom is 0.323 e. The van der Waals surface area contributed by atoms with Crippen LogP contribution in [0.15, 0.2) is 85.5 Å². The zero-order chi connectivity index (χ0) is 30.0. The number of morpholine rings is 1. The molecule has 0 aliphatic carbocycles. The molecule has 2 amide bonds. The summed E-state index contributed by atoms with van der Waals surface area (Å²) in [4.78, 5) is 25.0. The predicted molar refractivity (Wildman–Crippen MR) is 173 cm³/mol. The number of carbonyl (C=O) groups is 1. The first-order chi connectivity index (χ1) is 20.7. The van der Waals surface area contributed by atoms with Gasteiger partial charge < -0.3 is 19.9 Å². The normalized spacial score (nSPS) is 14.1. The Balaban J connectivity index is 1.23. The lowest BCUT2D eigenvalue weighted by Crippen LogP contribution is -2.35. The third-order valence-corrected chi connectivity index (χ3v) is 7.84. The van der Waals surface area contributed by atoms with E-state index in [-0.39, 0.29) is 11.4 Å². The highest BCUT2D eigenvalue weighted by Gasteiger charge is 2.18. The van der Waals surface area contributed by atoms with Gasteiger partial charge in [-0.3, -0.25) is 9.88 Å². The van der Waals surface area contributed by atoms with Crippen LogP contribution in [-0.2, 0) is 23.7 Å². The van der Waals surface area contributed by atoms with Crippen LogP contribution in [0.25, 0.3) is 33.3 Å². The second-order valence-electron chi connectivity index (χ2n) is 12.2. The second-order valence-corrected chi connectivity index (χ2v) is 12.2. The van der Waals surface area contributed by atoms with Crippen LogP contribution in [0.4, 0.5) is 16.2 Å². The van der Waals surface area contributed by atoms with E-state index < -0.39 is 0 Å². The summed E-state index contributed by atoms with van der Waals surface area (Å²) in [5, 5.41) is 8.12. The molecular weight excluding hydrogens is 536 g/mol. The summed E-state index contributed by atoms with van der Waals surface area (Å²) in [6.07, 6.45) is 5.72. The van der Waals surface area contributed by atoms with Crippen molar-refractivity contribution in [2.75, 3.05) is 36.9 Å². The number of nitrogens with zero attached hydrogens (tertiary/aromatic N) is 4. The molecule has 0 saturated carbocycles. The minimum Gasteiger partial charge on any atom is -0.379 e. The Morgan fingerprint density at radius 1 is 0.907 bits per heavy atom. The molecule has 43 heavy (non-hydrogen) atoms. The first-order valence-electron chi connectivity index (χ1n) is 14.7. The number of rotatable bonds is 6. The molecule has 0 unspecified atom stereocenters. The average molecular weight is 575 g/mol. The number of urea groups is 1. The number of anilines is 2. The largest absolute Gasteiger partial charge is 0.379 e. The van der Waals surface area contributed by atoms with E-state index in [1.165, 1.54) is 5.56 Å². The van der Waals surface area contributed by atoms with Crippen LogP contribution in [0, 0.1) is 0 Å². The zero-order valence-corrected chi connectivity index (χ0v) is 25.2. The van der Waals surface area contributed by atoms with Crippen molar-refractivity contribution in [3.05, 3.63) is 96.6 Å². The van der Waals surface area contributed by atoms with E-state index in [2.05, 4.69) is 65.6 Å². The molecule has 2 N–H and O–H groups in total. The van der Waals surface area contributed by atoms with Crippen LogP contribution in [0.1, 0.15) is 31.9 Å². The predicted octanol–water partition coefficient (Wildman–Crippen LogP) is 7.08. The molecule has 0 atom stereocenters. The van der Waals surface area contributed by atoms with Gasteiger partial charge in [0, 0.05) is 61.3 Å². The minimum absolute atomic E-state index is 0.0987. The number of hydrogen-bond acceptors (Lipinski definition) is 5. The van der Waals surface area contributed by atoms with Gasteiger partial charge in [0.25, 0.3) is 0 Å². The molecule has 8 nitrogen and oxygen atoms in total. The number of aromatic nitrogens is 3. The fourth-order valence-electron chi connectivity index (χ4n) is 5.45. The number of fused-ring (bicyclic) bond motifs is 1. The number of aryl methyl sites for hydroxylation is 1. The summed E-state index contributed by atoms with van der Waals surface area (Å²) >= 11 is 0. The van der Waals surface area contributed by atoms with E-state index in [9.17, 15) is 4.79 Å². The number of carbonyl (C=O) groups excluding carboxylic acids is 1. The topological polar surface area (TPSA) is 84.3 Å². The maximum absolute atomic E-state index is 13.3. The highest BCUT2D eigenvalue weighted by molar-refractivity contribution is 6.09. The van der Waals surface area contributed by atoms with Crippen LogP contribution >= 0.6 is 0 Å². The summed E-state index contributed by atoms with van der Waals surface area (Å²) in [5.41, 5.74) is 7.40. The molecule has 1 saturated heterocycles. The van der Waals surface area contributed by atoms with Crippen LogP contribution in [-0.4, -0.2) is 51.8 Å². The van der Waals surface area contributed by atoms with Crippen molar-refractivity contribution in [1.29, 1.82) is 0 Å². The van der Waals surface area contributed by atoms with Crippen molar-refractivity contribution >= 4 is 28.2 Å². The summed E-state index contributed by atoms with van der Waals surface area (Å²) in [5.74, 6) is 0.